The van der Waals surface area contributed by atoms with Gasteiger partial charge in [-0.1, -0.05) is 0 Å². The Kier molecular flexibility index (Phi) is 4.00. The van der Waals surface area contributed by atoms with Crippen LogP contribution >= 0.6 is 11.8 Å². The maximum Gasteiger partial charge on any atom is 0.330 e. The Bertz CT molecular complexity index is 408. The maximum atomic E-state index is 11.6. The lowest BCUT2D eigenvalue weighted by atomic mass is 10.5. The van der Waals surface area contributed by atoms with Crippen LogP contribution in [0.5, 0.6) is 0 Å². The van der Waals surface area contributed by atoms with Crippen LogP contribution < -0.4 is 11.2 Å². The third-order valence-electron chi connectivity index (χ3n) is 2.00. The van der Waals surface area contributed by atoms with E-state index >= 15 is 0 Å². The van der Waals surface area contributed by atoms with Crippen LogP contribution in [-0.4, -0.2) is 21.1 Å². The molecule has 4 nitrogen and oxygen atoms in total. The van der Waals surface area contributed by atoms with Gasteiger partial charge < -0.3 is 4.57 Å². The van der Waals surface area contributed by atoms with Gasteiger partial charge in [-0.3, -0.25) is 9.36 Å². The van der Waals surface area contributed by atoms with Crippen molar-refractivity contribution in [1.29, 1.82) is 0 Å². The topological polar surface area (TPSA) is 44.0 Å². The second kappa shape index (κ2) is 5.05. The molecule has 0 aliphatic rings. The smallest absolute Gasteiger partial charge is 0.301 e. The molecule has 0 unspecified atom stereocenters. The van der Waals surface area contributed by atoms with Gasteiger partial charge in [0.25, 0.3) is 5.56 Å². The lowest BCUT2D eigenvalue weighted by Gasteiger charge is -2.06. The molecule has 0 saturated heterocycles. The maximum absolute atomic E-state index is 11.6. The molecule has 0 spiro atoms. The summed E-state index contributed by atoms with van der Waals surface area (Å²) in [5, 5.41) is 0. The fourth-order valence-corrected chi connectivity index (χ4v) is 1.55. The van der Waals surface area contributed by atoms with E-state index in [2.05, 4.69) is 0 Å². The summed E-state index contributed by atoms with van der Waals surface area (Å²) >= 11 is 1.62. The van der Waals surface area contributed by atoms with Crippen LogP contribution in [0.4, 0.5) is 0 Å². The van der Waals surface area contributed by atoms with Gasteiger partial charge in [0.2, 0.25) is 0 Å². The van der Waals surface area contributed by atoms with E-state index in [4.69, 9.17) is 0 Å². The first-order chi connectivity index (χ1) is 6.70. The zero-order valence-corrected chi connectivity index (χ0v) is 9.21. The molecular weight excluding hydrogens is 200 g/mol. The molecule has 0 amide bonds. The van der Waals surface area contributed by atoms with Crippen LogP contribution in [0.1, 0.15) is 6.92 Å². The second-order valence-corrected chi connectivity index (χ2v) is 3.85. The van der Waals surface area contributed by atoms with E-state index in [1.54, 1.807) is 18.0 Å². The molecule has 0 radical (unpaired) electrons. The SMILES string of the molecule is CCn1ccc(=O)n(CCSC)c1=O. The Labute approximate surface area is 86.6 Å². The molecule has 14 heavy (non-hydrogen) atoms. The highest BCUT2D eigenvalue weighted by molar-refractivity contribution is 7.98. The van der Waals surface area contributed by atoms with E-state index < -0.39 is 0 Å². The molecule has 5 heteroatoms. The van der Waals surface area contributed by atoms with E-state index in [9.17, 15) is 9.59 Å². The minimum atomic E-state index is -0.214. The highest BCUT2D eigenvalue weighted by Gasteiger charge is 2.02. The number of hydrogen-bond donors (Lipinski definition) is 0. The van der Waals surface area contributed by atoms with Gasteiger partial charge in [0, 0.05) is 31.1 Å². The molecule has 1 aromatic heterocycles. The first kappa shape index (κ1) is 11.1. The molecule has 78 valence electrons. The van der Waals surface area contributed by atoms with Gasteiger partial charge in [-0.05, 0) is 13.2 Å². The average Bonchev–Trinajstić information content (AvgIpc) is 2.18. The first-order valence-corrected chi connectivity index (χ1v) is 5.89. The van der Waals surface area contributed by atoms with Crippen molar-refractivity contribution < 1.29 is 0 Å². The Morgan fingerprint density at radius 1 is 1.43 bits per heavy atom. The van der Waals surface area contributed by atoms with Crippen molar-refractivity contribution in [3.63, 3.8) is 0 Å². The molecule has 0 N–H and O–H groups in total. The minimum Gasteiger partial charge on any atom is -0.301 e. The van der Waals surface area contributed by atoms with Crippen molar-refractivity contribution in [2.75, 3.05) is 12.0 Å². The summed E-state index contributed by atoms with van der Waals surface area (Å²) in [5.41, 5.74) is -0.428. The van der Waals surface area contributed by atoms with E-state index in [1.807, 2.05) is 13.2 Å². The number of aromatic nitrogens is 2. The third-order valence-corrected chi connectivity index (χ3v) is 2.59. The molecular formula is C9H14N2O2S. The van der Waals surface area contributed by atoms with Crippen molar-refractivity contribution in [3.05, 3.63) is 33.1 Å². The third kappa shape index (κ3) is 2.29. The van der Waals surface area contributed by atoms with Gasteiger partial charge in [0.1, 0.15) is 0 Å². The Morgan fingerprint density at radius 2 is 2.14 bits per heavy atom. The quantitative estimate of drug-likeness (QED) is 0.728. The molecule has 0 aromatic carbocycles. The predicted molar refractivity (Wildman–Crippen MR) is 59.0 cm³/mol. The fraction of sp³-hybridized carbons (Fsp3) is 0.556. The van der Waals surface area contributed by atoms with Crippen molar-refractivity contribution in [3.8, 4) is 0 Å². The van der Waals surface area contributed by atoms with Crippen LogP contribution in [0.3, 0.4) is 0 Å². The first-order valence-electron chi connectivity index (χ1n) is 4.50. The van der Waals surface area contributed by atoms with Gasteiger partial charge in [-0.25, -0.2) is 4.79 Å². The normalized spacial score (nSPS) is 10.4. The van der Waals surface area contributed by atoms with Gasteiger partial charge in [0.15, 0.2) is 0 Å². The molecule has 1 rings (SSSR count). The summed E-state index contributed by atoms with van der Waals surface area (Å²) in [5.74, 6) is 0.781. The molecule has 0 fully saturated rings. The molecule has 0 aliphatic heterocycles. The largest absolute Gasteiger partial charge is 0.330 e. The predicted octanol–water partition coefficient (Wildman–Crippen LogP) is 0.393. The van der Waals surface area contributed by atoms with Crippen LogP contribution in [-0.2, 0) is 13.1 Å². The number of aryl methyl sites for hydroxylation is 1. The van der Waals surface area contributed by atoms with Crippen molar-refractivity contribution in [1.82, 2.24) is 9.13 Å². The number of rotatable bonds is 4. The zero-order valence-electron chi connectivity index (χ0n) is 8.40. The van der Waals surface area contributed by atoms with E-state index in [-0.39, 0.29) is 11.2 Å². The van der Waals surface area contributed by atoms with Crippen molar-refractivity contribution in [2.45, 2.75) is 20.0 Å². The van der Waals surface area contributed by atoms with Crippen molar-refractivity contribution in [2.24, 2.45) is 0 Å². The monoisotopic (exact) mass is 214 g/mol. The summed E-state index contributed by atoms with van der Waals surface area (Å²) in [6.45, 7) is 2.96. The van der Waals surface area contributed by atoms with Crippen molar-refractivity contribution >= 4 is 11.8 Å². The highest BCUT2D eigenvalue weighted by Crippen LogP contribution is 1.90. The molecule has 1 aromatic rings. The van der Waals surface area contributed by atoms with Gasteiger partial charge in [0.05, 0.1) is 0 Å². The van der Waals surface area contributed by atoms with E-state index in [1.165, 1.54) is 15.2 Å². The van der Waals surface area contributed by atoms with Crippen LogP contribution in [0.25, 0.3) is 0 Å². The standard InChI is InChI=1S/C9H14N2O2S/c1-3-10-5-4-8(12)11(9(10)13)6-7-14-2/h4-5H,3,6-7H2,1-2H3. The van der Waals surface area contributed by atoms with Gasteiger partial charge in [-0.15, -0.1) is 0 Å². The van der Waals surface area contributed by atoms with Crippen LogP contribution in [0.15, 0.2) is 21.9 Å². The molecule has 0 atom stereocenters. The van der Waals surface area contributed by atoms with E-state index in [0.717, 1.165) is 5.75 Å². The Hall–Kier alpha value is -0.970. The Morgan fingerprint density at radius 3 is 2.71 bits per heavy atom. The average molecular weight is 214 g/mol. The molecule has 0 saturated carbocycles. The summed E-state index contributed by atoms with van der Waals surface area (Å²) in [6.07, 6.45) is 3.49. The molecule has 0 aliphatic carbocycles. The second-order valence-electron chi connectivity index (χ2n) is 2.87. The lowest BCUT2D eigenvalue weighted by molar-refractivity contribution is 0.591. The van der Waals surface area contributed by atoms with Gasteiger partial charge in [-0.2, -0.15) is 11.8 Å². The van der Waals surface area contributed by atoms with Gasteiger partial charge >= 0.3 is 5.69 Å². The minimum absolute atomic E-state index is 0.214. The van der Waals surface area contributed by atoms with Crippen LogP contribution in [0.2, 0.25) is 0 Å². The van der Waals surface area contributed by atoms with Crippen LogP contribution in [0, 0.1) is 0 Å². The summed E-state index contributed by atoms with van der Waals surface area (Å²) < 4.78 is 2.81. The van der Waals surface area contributed by atoms with E-state index in [0.29, 0.717) is 13.1 Å². The molecule has 0 bridgehead atoms. The summed E-state index contributed by atoms with van der Waals surface area (Å²) in [4.78, 5) is 23.0. The summed E-state index contributed by atoms with van der Waals surface area (Å²) in [6, 6.07) is 1.44. The lowest BCUT2D eigenvalue weighted by Crippen LogP contribution is -2.39. The number of nitrogens with zero attached hydrogens (tertiary/aromatic N) is 2. The highest BCUT2D eigenvalue weighted by atomic mass is 32.2. The summed E-state index contributed by atoms with van der Waals surface area (Å²) in [7, 11) is 0. The Balaban J connectivity index is 3.13. The number of thioether (sulfide) groups is 1. The number of hydrogen-bond acceptors (Lipinski definition) is 3. The molecule has 1 heterocycles. The zero-order chi connectivity index (χ0) is 10.6. The fourth-order valence-electron chi connectivity index (χ4n) is 1.19.